The first kappa shape index (κ1) is 22.1. The molecule has 0 spiro atoms. The Balaban J connectivity index is 0.00000261. The first-order valence-electron chi connectivity index (χ1n) is 9.33. The van der Waals surface area contributed by atoms with Crippen molar-refractivity contribution in [3.05, 3.63) is 28.8 Å². The number of hydrogen-bond acceptors (Lipinski definition) is 4. The zero-order valence-electron chi connectivity index (χ0n) is 16.5. The lowest BCUT2D eigenvalue weighted by molar-refractivity contribution is -0.135. The Morgan fingerprint density at radius 3 is 2.37 bits per heavy atom. The molecular formula is C19H30ClN3O3S. The Morgan fingerprint density at radius 1 is 1.15 bits per heavy atom. The molecule has 2 atom stereocenters. The molecule has 1 aromatic rings. The Bertz CT molecular complexity index is 789. The molecule has 0 aromatic heterocycles. The molecular weight excluding hydrogens is 386 g/mol. The second-order valence-electron chi connectivity index (χ2n) is 7.64. The quantitative estimate of drug-likeness (QED) is 0.819. The van der Waals surface area contributed by atoms with E-state index < -0.39 is 16.1 Å². The Morgan fingerprint density at radius 2 is 1.78 bits per heavy atom. The third-order valence-electron chi connectivity index (χ3n) is 5.34. The van der Waals surface area contributed by atoms with E-state index in [1.54, 1.807) is 0 Å². The van der Waals surface area contributed by atoms with Gasteiger partial charge >= 0.3 is 0 Å². The predicted octanol–water partition coefficient (Wildman–Crippen LogP) is 2.01. The van der Waals surface area contributed by atoms with Crippen molar-refractivity contribution in [1.82, 2.24) is 14.5 Å². The second-order valence-corrected chi connectivity index (χ2v) is 9.47. The summed E-state index contributed by atoms with van der Waals surface area (Å²) in [5.41, 5.74) is 2.54. The molecule has 0 aliphatic carbocycles. The number of aryl methyl sites for hydroxylation is 3. The van der Waals surface area contributed by atoms with E-state index in [1.165, 1.54) is 4.31 Å². The van der Waals surface area contributed by atoms with Crippen LogP contribution in [0.4, 0.5) is 0 Å². The summed E-state index contributed by atoms with van der Waals surface area (Å²) in [4.78, 5) is 15.2. The van der Waals surface area contributed by atoms with E-state index in [-0.39, 0.29) is 24.4 Å². The van der Waals surface area contributed by atoms with Crippen LogP contribution in [0.2, 0.25) is 0 Å². The van der Waals surface area contributed by atoms with E-state index in [2.05, 4.69) is 5.32 Å². The summed E-state index contributed by atoms with van der Waals surface area (Å²) in [6.45, 7) is 10.1. The molecule has 0 radical (unpaired) electrons. The molecule has 3 rings (SSSR count). The van der Waals surface area contributed by atoms with Crippen LogP contribution in [0.3, 0.4) is 0 Å². The molecule has 1 amide bonds. The van der Waals surface area contributed by atoms with Gasteiger partial charge in [0.1, 0.15) is 6.04 Å². The van der Waals surface area contributed by atoms with E-state index in [0.717, 1.165) is 29.7 Å². The first-order valence-corrected chi connectivity index (χ1v) is 10.8. The molecule has 27 heavy (non-hydrogen) atoms. The molecule has 1 N–H and O–H groups in total. The normalized spacial score (nSPS) is 23.9. The highest BCUT2D eigenvalue weighted by molar-refractivity contribution is 7.89. The number of benzene rings is 1. The second kappa shape index (κ2) is 8.47. The molecule has 2 heterocycles. The van der Waals surface area contributed by atoms with E-state index in [9.17, 15) is 13.2 Å². The summed E-state index contributed by atoms with van der Waals surface area (Å²) in [5.74, 6) is -0.0538. The largest absolute Gasteiger partial charge is 0.338 e. The highest BCUT2D eigenvalue weighted by Gasteiger charge is 2.42. The van der Waals surface area contributed by atoms with Gasteiger partial charge < -0.3 is 10.2 Å². The molecule has 2 aliphatic rings. The number of nitrogens with one attached hydrogen (secondary N) is 1. The van der Waals surface area contributed by atoms with Gasteiger partial charge in [-0.15, -0.1) is 12.4 Å². The molecule has 2 unspecified atom stereocenters. The topological polar surface area (TPSA) is 69.7 Å². The SMILES string of the molecule is Cc1cc(C)c(S(=O)(=O)N2CCCC2C(=O)N2CCNC(C)C2)c(C)c1.Cl. The minimum absolute atomic E-state index is 0. The zero-order chi connectivity index (χ0) is 19.1. The summed E-state index contributed by atoms with van der Waals surface area (Å²) in [7, 11) is -3.69. The molecule has 6 nitrogen and oxygen atoms in total. The van der Waals surface area contributed by atoms with Crippen LogP contribution < -0.4 is 5.32 Å². The van der Waals surface area contributed by atoms with Crippen molar-refractivity contribution in [3.63, 3.8) is 0 Å². The number of carbonyl (C=O) groups is 1. The fourth-order valence-corrected chi connectivity index (χ4v) is 6.37. The van der Waals surface area contributed by atoms with E-state index in [0.29, 0.717) is 31.0 Å². The fraction of sp³-hybridized carbons (Fsp3) is 0.632. The Kier molecular flexibility index (Phi) is 6.95. The van der Waals surface area contributed by atoms with Crippen molar-refractivity contribution in [1.29, 1.82) is 0 Å². The maximum Gasteiger partial charge on any atom is 0.244 e. The van der Waals surface area contributed by atoms with Crippen LogP contribution in [0, 0.1) is 20.8 Å². The smallest absolute Gasteiger partial charge is 0.244 e. The van der Waals surface area contributed by atoms with Crippen molar-refractivity contribution in [2.45, 2.75) is 57.5 Å². The highest BCUT2D eigenvalue weighted by Crippen LogP contribution is 2.31. The van der Waals surface area contributed by atoms with Gasteiger partial charge in [-0.3, -0.25) is 4.79 Å². The zero-order valence-corrected chi connectivity index (χ0v) is 18.1. The monoisotopic (exact) mass is 415 g/mol. The minimum atomic E-state index is -3.69. The van der Waals surface area contributed by atoms with Crippen LogP contribution in [0.5, 0.6) is 0 Å². The summed E-state index contributed by atoms with van der Waals surface area (Å²) in [6.07, 6.45) is 1.32. The summed E-state index contributed by atoms with van der Waals surface area (Å²) < 4.78 is 28.2. The van der Waals surface area contributed by atoms with Crippen molar-refractivity contribution in [3.8, 4) is 0 Å². The number of sulfonamides is 1. The minimum Gasteiger partial charge on any atom is -0.338 e. The number of amides is 1. The maximum absolute atomic E-state index is 13.4. The van der Waals surface area contributed by atoms with Crippen LogP contribution >= 0.6 is 12.4 Å². The van der Waals surface area contributed by atoms with Gasteiger partial charge in [-0.05, 0) is 51.7 Å². The summed E-state index contributed by atoms with van der Waals surface area (Å²) in [6, 6.07) is 3.45. The molecule has 0 saturated carbocycles. The molecule has 2 fully saturated rings. The average molecular weight is 416 g/mol. The van der Waals surface area contributed by atoms with Crippen molar-refractivity contribution >= 4 is 28.3 Å². The highest BCUT2D eigenvalue weighted by atomic mass is 35.5. The van der Waals surface area contributed by atoms with Crippen LogP contribution in [-0.2, 0) is 14.8 Å². The lowest BCUT2D eigenvalue weighted by atomic mass is 10.1. The van der Waals surface area contributed by atoms with Gasteiger partial charge in [0.25, 0.3) is 0 Å². The summed E-state index contributed by atoms with van der Waals surface area (Å²) >= 11 is 0. The van der Waals surface area contributed by atoms with Gasteiger partial charge in [0.2, 0.25) is 15.9 Å². The number of carbonyl (C=O) groups excluding carboxylic acids is 1. The average Bonchev–Trinajstić information content (AvgIpc) is 3.03. The number of rotatable bonds is 3. The Labute approximate surface area is 168 Å². The van der Waals surface area contributed by atoms with E-state index in [1.807, 2.05) is 44.7 Å². The molecule has 8 heteroatoms. The van der Waals surface area contributed by atoms with Gasteiger partial charge in [0.05, 0.1) is 4.90 Å². The number of piperazine rings is 1. The number of halogens is 1. The Hall–Kier alpha value is -1.15. The van der Waals surface area contributed by atoms with Gasteiger partial charge in [0.15, 0.2) is 0 Å². The van der Waals surface area contributed by atoms with Crippen LogP contribution in [0.1, 0.15) is 36.5 Å². The first-order chi connectivity index (χ1) is 12.2. The standard InChI is InChI=1S/C19H29N3O3S.ClH/c1-13-10-14(2)18(15(3)11-13)26(24,25)22-8-5-6-17(22)19(23)21-9-7-20-16(4)12-21;/h10-11,16-17,20H,5-9,12H2,1-4H3;1H. The lowest BCUT2D eigenvalue weighted by Crippen LogP contribution is -2.56. The third kappa shape index (κ3) is 4.31. The summed E-state index contributed by atoms with van der Waals surface area (Å²) in [5, 5.41) is 3.32. The van der Waals surface area contributed by atoms with E-state index >= 15 is 0 Å². The van der Waals surface area contributed by atoms with Crippen molar-refractivity contribution in [2.75, 3.05) is 26.2 Å². The van der Waals surface area contributed by atoms with Crippen LogP contribution in [0.15, 0.2) is 17.0 Å². The van der Waals surface area contributed by atoms with Crippen LogP contribution in [-0.4, -0.2) is 61.8 Å². The van der Waals surface area contributed by atoms with Gasteiger partial charge in [-0.1, -0.05) is 17.7 Å². The molecule has 2 aliphatic heterocycles. The van der Waals surface area contributed by atoms with Gasteiger partial charge in [0, 0.05) is 32.2 Å². The molecule has 152 valence electrons. The van der Waals surface area contributed by atoms with Gasteiger partial charge in [-0.25, -0.2) is 8.42 Å². The predicted molar refractivity (Wildman–Crippen MR) is 109 cm³/mol. The number of hydrogen-bond donors (Lipinski definition) is 1. The fourth-order valence-electron chi connectivity index (χ4n) is 4.31. The third-order valence-corrected chi connectivity index (χ3v) is 7.55. The van der Waals surface area contributed by atoms with Crippen molar-refractivity contribution in [2.24, 2.45) is 0 Å². The molecule has 0 bridgehead atoms. The molecule has 1 aromatic carbocycles. The van der Waals surface area contributed by atoms with Crippen molar-refractivity contribution < 1.29 is 13.2 Å². The maximum atomic E-state index is 13.4. The van der Waals surface area contributed by atoms with Gasteiger partial charge in [-0.2, -0.15) is 4.31 Å². The number of nitrogens with zero attached hydrogens (tertiary/aromatic N) is 2. The molecule has 2 saturated heterocycles. The van der Waals surface area contributed by atoms with Crippen LogP contribution in [0.25, 0.3) is 0 Å². The lowest BCUT2D eigenvalue weighted by Gasteiger charge is -2.35. The van der Waals surface area contributed by atoms with E-state index in [4.69, 9.17) is 0 Å².